The summed E-state index contributed by atoms with van der Waals surface area (Å²) in [7, 11) is 0. The molecule has 0 spiro atoms. The summed E-state index contributed by atoms with van der Waals surface area (Å²) in [6, 6.07) is 23.2. The number of aromatic nitrogens is 6. The molecule has 0 aliphatic carbocycles. The molecule has 8 nitrogen and oxygen atoms in total. The number of nitrogens with one attached hydrogen (secondary N) is 2. The van der Waals surface area contributed by atoms with Crippen LogP contribution in [0.1, 0.15) is 44.9 Å². The molecule has 2 N–H and O–H groups in total. The lowest BCUT2D eigenvalue weighted by Gasteiger charge is -2.20. The number of fused-ring (bicyclic) bond motifs is 1. The lowest BCUT2D eigenvalue weighted by atomic mass is 10.0. The molecule has 0 radical (unpaired) electrons. The van der Waals surface area contributed by atoms with Crippen molar-refractivity contribution in [2.75, 3.05) is 0 Å². The van der Waals surface area contributed by atoms with Crippen LogP contribution in [0.4, 0.5) is 0 Å². The number of rotatable bonds is 9. The third-order valence-corrected chi connectivity index (χ3v) is 7.64. The van der Waals surface area contributed by atoms with E-state index in [0.29, 0.717) is 35.3 Å². The summed E-state index contributed by atoms with van der Waals surface area (Å²) in [6.07, 6.45) is 7.47. The van der Waals surface area contributed by atoms with Gasteiger partial charge in [-0.3, -0.25) is 9.78 Å². The molecule has 0 saturated heterocycles. The van der Waals surface area contributed by atoms with Gasteiger partial charge in [-0.25, -0.2) is 4.98 Å². The highest BCUT2D eigenvalue weighted by Crippen LogP contribution is 2.27. The van der Waals surface area contributed by atoms with Crippen LogP contribution in [0.2, 0.25) is 10.0 Å². The highest BCUT2D eigenvalue weighted by Gasteiger charge is 2.26. The van der Waals surface area contributed by atoms with Crippen molar-refractivity contribution in [2.45, 2.75) is 25.4 Å². The second kappa shape index (κ2) is 11.9. The second-order valence-corrected chi connectivity index (χ2v) is 10.5. The normalized spacial score (nSPS) is 12.0. The van der Waals surface area contributed by atoms with Gasteiger partial charge in [-0.05, 0) is 34.9 Å². The Kier molecular flexibility index (Phi) is 7.75. The quantitative estimate of drug-likeness (QED) is 0.211. The van der Waals surface area contributed by atoms with Crippen molar-refractivity contribution in [3.8, 4) is 0 Å². The van der Waals surface area contributed by atoms with Gasteiger partial charge >= 0.3 is 0 Å². The van der Waals surface area contributed by atoms with Crippen molar-refractivity contribution < 1.29 is 4.79 Å². The Hall–Kier alpha value is -4.53. The van der Waals surface area contributed by atoms with Crippen LogP contribution < -0.4 is 5.32 Å². The van der Waals surface area contributed by atoms with E-state index in [1.807, 2.05) is 59.3 Å². The standard InChI is InChI=1S/C31H25Cl2N7O/c32-24-11-10-21(14-25(24)33)19-40-29(15-20-6-2-1-3-7-20)38-39-30(40)27(37-31(41)28-18-34-12-13-35-28)16-22-17-36-26-9-5-4-8-23(22)26/h1-14,17-18,27,36H,15-16,19H2,(H,37,41)/t27-/m1/s1. The number of carbonyl (C=O) groups is 1. The molecule has 0 bridgehead atoms. The zero-order valence-electron chi connectivity index (χ0n) is 21.8. The predicted molar refractivity (Wildman–Crippen MR) is 159 cm³/mol. The summed E-state index contributed by atoms with van der Waals surface area (Å²) >= 11 is 12.6. The molecule has 41 heavy (non-hydrogen) atoms. The molecule has 204 valence electrons. The van der Waals surface area contributed by atoms with Gasteiger partial charge < -0.3 is 14.9 Å². The summed E-state index contributed by atoms with van der Waals surface area (Å²) in [5.74, 6) is 1.02. The van der Waals surface area contributed by atoms with Crippen LogP contribution in [0, 0.1) is 0 Å². The molecule has 10 heteroatoms. The highest BCUT2D eigenvalue weighted by molar-refractivity contribution is 6.42. The Labute approximate surface area is 246 Å². The molecule has 0 saturated carbocycles. The molecular formula is C31H25Cl2N7O. The first-order chi connectivity index (χ1) is 20.0. The van der Waals surface area contributed by atoms with Crippen molar-refractivity contribution in [3.63, 3.8) is 0 Å². The zero-order valence-corrected chi connectivity index (χ0v) is 23.3. The fourth-order valence-corrected chi connectivity index (χ4v) is 5.21. The minimum atomic E-state index is -0.525. The average molecular weight is 582 g/mol. The number of benzene rings is 3. The topological polar surface area (TPSA) is 101 Å². The molecule has 3 aromatic heterocycles. The molecule has 6 aromatic rings. The number of aromatic amines is 1. The largest absolute Gasteiger partial charge is 0.361 e. The molecule has 1 atom stereocenters. The van der Waals surface area contributed by atoms with Gasteiger partial charge in [0, 0.05) is 42.3 Å². The molecule has 0 aliphatic heterocycles. The van der Waals surface area contributed by atoms with Crippen molar-refractivity contribution in [1.29, 1.82) is 0 Å². The molecule has 1 amide bonds. The molecule has 6 rings (SSSR count). The number of hydrogen-bond acceptors (Lipinski definition) is 5. The first-order valence-electron chi connectivity index (χ1n) is 13.1. The Bertz CT molecular complexity index is 1800. The van der Waals surface area contributed by atoms with Crippen LogP contribution in [0.25, 0.3) is 10.9 Å². The van der Waals surface area contributed by atoms with Gasteiger partial charge in [0.25, 0.3) is 5.91 Å². The maximum atomic E-state index is 13.4. The predicted octanol–water partition coefficient (Wildman–Crippen LogP) is 6.21. The van der Waals surface area contributed by atoms with E-state index in [2.05, 4.69) is 48.7 Å². The van der Waals surface area contributed by atoms with Crippen LogP contribution in [0.3, 0.4) is 0 Å². The Morgan fingerprint density at radius 2 is 1.76 bits per heavy atom. The summed E-state index contributed by atoms with van der Waals surface area (Å²) in [4.78, 5) is 24.9. The summed E-state index contributed by atoms with van der Waals surface area (Å²) in [5.41, 5.74) is 4.30. The maximum Gasteiger partial charge on any atom is 0.272 e. The van der Waals surface area contributed by atoms with Gasteiger partial charge in [0.2, 0.25) is 0 Å². The molecule has 3 heterocycles. The number of carbonyl (C=O) groups excluding carboxylic acids is 1. The first kappa shape index (κ1) is 26.7. The Morgan fingerprint density at radius 3 is 2.56 bits per heavy atom. The maximum absolute atomic E-state index is 13.4. The van der Waals surface area contributed by atoms with E-state index in [1.165, 1.54) is 18.6 Å². The minimum absolute atomic E-state index is 0.219. The number of para-hydroxylation sites is 1. The molecule has 0 unspecified atom stereocenters. The van der Waals surface area contributed by atoms with Crippen LogP contribution >= 0.6 is 23.2 Å². The van der Waals surface area contributed by atoms with Crippen LogP contribution in [-0.2, 0) is 19.4 Å². The Balaban J connectivity index is 1.43. The van der Waals surface area contributed by atoms with Gasteiger partial charge in [0.15, 0.2) is 5.82 Å². The lowest BCUT2D eigenvalue weighted by molar-refractivity contribution is 0.0928. The van der Waals surface area contributed by atoms with E-state index in [-0.39, 0.29) is 11.6 Å². The second-order valence-electron chi connectivity index (χ2n) is 9.65. The molecule has 0 fully saturated rings. The van der Waals surface area contributed by atoms with Crippen LogP contribution in [-0.4, -0.2) is 35.6 Å². The summed E-state index contributed by atoms with van der Waals surface area (Å²) in [6.45, 7) is 0.437. The molecule has 3 aromatic carbocycles. The number of hydrogen-bond donors (Lipinski definition) is 2. The van der Waals surface area contributed by atoms with Gasteiger partial charge in [0.1, 0.15) is 11.5 Å². The van der Waals surface area contributed by atoms with Crippen molar-refractivity contribution in [1.82, 2.24) is 35.0 Å². The lowest BCUT2D eigenvalue weighted by Crippen LogP contribution is -2.33. The van der Waals surface area contributed by atoms with E-state index in [4.69, 9.17) is 23.2 Å². The summed E-state index contributed by atoms with van der Waals surface area (Å²) in [5, 5.41) is 14.4. The van der Waals surface area contributed by atoms with Gasteiger partial charge in [-0.15, -0.1) is 10.2 Å². The smallest absolute Gasteiger partial charge is 0.272 e. The van der Waals surface area contributed by atoms with Crippen molar-refractivity contribution in [2.24, 2.45) is 0 Å². The van der Waals surface area contributed by atoms with Gasteiger partial charge in [0.05, 0.1) is 28.8 Å². The SMILES string of the molecule is O=C(N[C@H](Cc1c[nH]c2ccccc12)c1nnc(Cc2ccccc2)n1Cc1ccc(Cl)c(Cl)c1)c1cnccn1. The molecule has 0 aliphatic rings. The summed E-state index contributed by atoms with van der Waals surface area (Å²) < 4.78 is 2.04. The number of H-pyrrole nitrogens is 1. The van der Waals surface area contributed by atoms with E-state index < -0.39 is 6.04 Å². The monoisotopic (exact) mass is 581 g/mol. The van der Waals surface area contributed by atoms with Gasteiger partial charge in [-0.2, -0.15) is 0 Å². The highest BCUT2D eigenvalue weighted by atomic mass is 35.5. The zero-order chi connectivity index (χ0) is 28.2. The fourth-order valence-electron chi connectivity index (χ4n) is 4.88. The van der Waals surface area contributed by atoms with Crippen LogP contribution in [0.5, 0.6) is 0 Å². The van der Waals surface area contributed by atoms with Crippen LogP contribution in [0.15, 0.2) is 97.6 Å². The number of nitrogens with zero attached hydrogens (tertiary/aromatic N) is 5. The number of amides is 1. The van der Waals surface area contributed by atoms with Crippen molar-refractivity contribution >= 4 is 40.0 Å². The average Bonchev–Trinajstić information content (AvgIpc) is 3.59. The minimum Gasteiger partial charge on any atom is -0.361 e. The third-order valence-electron chi connectivity index (χ3n) is 6.90. The first-order valence-corrected chi connectivity index (χ1v) is 13.8. The van der Waals surface area contributed by atoms with Gasteiger partial charge in [-0.1, -0.05) is 77.8 Å². The third kappa shape index (κ3) is 5.99. The van der Waals surface area contributed by atoms with E-state index >= 15 is 0 Å². The molecular weight excluding hydrogens is 557 g/mol. The van der Waals surface area contributed by atoms with E-state index in [1.54, 1.807) is 6.07 Å². The number of halogens is 2. The van der Waals surface area contributed by atoms with Crippen molar-refractivity contribution in [3.05, 3.63) is 142 Å². The van der Waals surface area contributed by atoms with E-state index in [9.17, 15) is 4.79 Å². The Morgan fingerprint density at radius 1 is 0.927 bits per heavy atom. The fraction of sp³-hybridized carbons (Fsp3) is 0.129. The van der Waals surface area contributed by atoms with E-state index in [0.717, 1.165) is 33.4 Å².